The van der Waals surface area contributed by atoms with Gasteiger partial charge in [0.05, 0.1) is 0 Å². The molecule has 4 nitrogen and oxygen atoms in total. The van der Waals surface area contributed by atoms with E-state index in [2.05, 4.69) is 10.3 Å². The predicted molar refractivity (Wildman–Crippen MR) is 77.0 cm³/mol. The molecule has 4 heteroatoms. The average molecular weight is 261 g/mol. The second-order valence-electron chi connectivity index (χ2n) is 5.47. The van der Waals surface area contributed by atoms with Crippen LogP contribution in [0.1, 0.15) is 37.7 Å². The number of hydrogen-bond donors (Lipinski definition) is 1. The van der Waals surface area contributed by atoms with Crippen molar-refractivity contribution < 1.29 is 4.79 Å². The zero-order chi connectivity index (χ0) is 13.7. The number of aromatic nitrogens is 1. The number of nitrogens with zero attached hydrogens (tertiary/aromatic N) is 2. The van der Waals surface area contributed by atoms with E-state index in [1.54, 1.807) is 6.20 Å². The molecule has 0 unspecified atom stereocenters. The molecule has 1 fully saturated rings. The van der Waals surface area contributed by atoms with Crippen molar-refractivity contribution in [1.82, 2.24) is 10.3 Å². The number of rotatable bonds is 4. The highest BCUT2D eigenvalue weighted by Gasteiger charge is 2.20. The van der Waals surface area contributed by atoms with E-state index >= 15 is 0 Å². The van der Waals surface area contributed by atoms with Gasteiger partial charge in [0, 0.05) is 32.8 Å². The first-order valence-corrected chi connectivity index (χ1v) is 7.07. The van der Waals surface area contributed by atoms with Crippen LogP contribution >= 0.6 is 0 Å². The van der Waals surface area contributed by atoms with E-state index in [9.17, 15) is 4.79 Å². The van der Waals surface area contributed by atoms with Gasteiger partial charge in [0.25, 0.3) is 0 Å². The van der Waals surface area contributed by atoms with Gasteiger partial charge in [-0.25, -0.2) is 4.98 Å². The van der Waals surface area contributed by atoms with E-state index in [1.807, 2.05) is 31.1 Å². The van der Waals surface area contributed by atoms with E-state index in [-0.39, 0.29) is 11.8 Å². The Bertz CT molecular complexity index is 425. The Balaban J connectivity index is 1.87. The third-order valence-corrected chi connectivity index (χ3v) is 3.71. The Morgan fingerprint density at radius 1 is 1.37 bits per heavy atom. The zero-order valence-corrected chi connectivity index (χ0v) is 11.9. The Kier molecular flexibility index (Phi) is 4.77. The van der Waals surface area contributed by atoms with Crippen molar-refractivity contribution in [2.45, 2.75) is 38.6 Å². The van der Waals surface area contributed by atoms with Gasteiger partial charge in [0.2, 0.25) is 5.91 Å². The van der Waals surface area contributed by atoms with Crippen LogP contribution in [0, 0.1) is 5.92 Å². The summed E-state index contributed by atoms with van der Waals surface area (Å²) in [6.07, 6.45) is 7.55. The summed E-state index contributed by atoms with van der Waals surface area (Å²) in [7, 11) is 3.93. The molecular weight excluding hydrogens is 238 g/mol. The molecule has 0 spiro atoms. The number of carbonyl (C=O) groups excluding carboxylic acids is 1. The van der Waals surface area contributed by atoms with Crippen LogP contribution in [0.5, 0.6) is 0 Å². The fraction of sp³-hybridized carbons (Fsp3) is 0.600. The second-order valence-corrected chi connectivity index (χ2v) is 5.47. The standard InChI is InChI=1S/C15H23N3O/c1-18(2)14-10-12(8-9-16-14)11-17-15(19)13-6-4-3-5-7-13/h8-10,13H,3-7,11H2,1-2H3,(H,17,19). The molecule has 1 amide bonds. The zero-order valence-electron chi connectivity index (χ0n) is 11.9. The monoisotopic (exact) mass is 261 g/mol. The lowest BCUT2D eigenvalue weighted by molar-refractivity contribution is -0.126. The second kappa shape index (κ2) is 6.55. The van der Waals surface area contributed by atoms with Gasteiger partial charge in [-0.3, -0.25) is 4.79 Å². The summed E-state index contributed by atoms with van der Waals surface area (Å²) in [5.41, 5.74) is 1.10. The van der Waals surface area contributed by atoms with Gasteiger partial charge in [-0.2, -0.15) is 0 Å². The van der Waals surface area contributed by atoms with Crippen LogP contribution in [-0.4, -0.2) is 25.0 Å². The molecule has 1 aromatic rings. The van der Waals surface area contributed by atoms with Crippen molar-refractivity contribution in [2.75, 3.05) is 19.0 Å². The maximum Gasteiger partial charge on any atom is 0.223 e. The Morgan fingerprint density at radius 2 is 2.11 bits per heavy atom. The molecule has 0 saturated heterocycles. The van der Waals surface area contributed by atoms with Crippen LogP contribution in [0.2, 0.25) is 0 Å². The molecule has 0 atom stereocenters. The summed E-state index contributed by atoms with van der Waals surface area (Å²) in [6.45, 7) is 0.596. The molecule has 1 aromatic heterocycles. The average Bonchev–Trinajstić information content (AvgIpc) is 2.46. The van der Waals surface area contributed by atoms with E-state index in [1.165, 1.54) is 19.3 Å². The molecule has 0 bridgehead atoms. The van der Waals surface area contributed by atoms with Crippen molar-refractivity contribution in [2.24, 2.45) is 5.92 Å². The maximum absolute atomic E-state index is 12.1. The van der Waals surface area contributed by atoms with E-state index in [0.717, 1.165) is 24.2 Å². The van der Waals surface area contributed by atoms with Crippen molar-refractivity contribution >= 4 is 11.7 Å². The third-order valence-electron chi connectivity index (χ3n) is 3.71. The first-order valence-electron chi connectivity index (χ1n) is 7.07. The van der Waals surface area contributed by atoms with Gasteiger partial charge in [-0.15, -0.1) is 0 Å². The lowest BCUT2D eigenvalue weighted by Gasteiger charge is -2.21. The van der Waals surface area contributed by atoms with E-state index in [0.29, 0.717) is 6.54 Å². The van der Waals surface area contributed by atoms with Crippen molar-refractivity contribution in [3.8, 4) is 0 Å². The van der Waals surface area contributed by atoms with Crippen LogP contribution in [0.25, 0.3) is 0 Å². The fourth-order valence-corrected chi connectivity index (χ4v) is 2.51. The summed E-state index contributed by atoms with van der Waals surface area (Å²) < 4.78 is 0. The van der Waals surface area contributed by atoms with Gasteiger partial charge in [0.1, 0.15) is 5.82 Å². The molecule has 1 saturated carbocycles. The lowest BCUT2D eigenvalue weighted by Crippen LogP contribution is -2.31. The summed E-state index contributed by atoms with van der Waals surface area (Å²) >= 11 is 0. The molecule has 2 rings (SSSR count). The summed E-state index contributed by atoms with van der Waals surface area (Å²) in [6, 6.07) is 3.97. The van der Waals surface area contributed by atoms with Crippen molar-refractivity contribution in [3.63, 3.8) is 0 Å². The molecule has 0 radical (unpaired) electrons. The van der Waals surface area contributed by atoms with Gasteiger partial charge in [0.15, 0.2) is 0 Å². The van der Waals surface area contributed by atoms with Crippen molar-refractivity contribution in [3.05, 3.63) is 23.9 Å². The molecule has 1 N–H and O–H groups in total. The molecular formula is C15H23N3O. The number of pyridine rings is 1. The van der Waals surface area contributed by atoms with Crippen molar-refractivity contribution in [1.29, 1.82) is 0 Å². The number of amides is 1. The highest BCUT2D eigenvalue weighted by atomic mass is 16.1. The van der Waals surface area contributed by atoms with Crippen LogP contribution in [0.4, 0.5) is 5.82 Å². The smallest absolute Gasteiger partial charge is 0.223 e. The third kappa shape index (κ3) is 3.94. The van der Waals surface area contributed by atoms with Crippen LogP contribution in [0.15, 0.2) is 18.3 Å². The quantitative estimate of drug-likeness (QED) is 0.905. The molecule has 104 valence electrons. The SMILES string of the molecule is CN(C)c1cc(CNC(=O)C2CCCCC2)ccn1. The highest BCUT2D eigenvalue weighted by molar-refractivity contribution is 5.78. The minimum absolute atomic E-state index is 0.211. The fourth-order valence-electron chi connectivity index (χ4n) is 2.51. The summed E-state index contributed by atoms with van der Waals surface area (Å²) in [5.74, 6) is 1.36. The molecule has 1 aliphatic rings. The van der Waals surface area contributed by atoms with Gasteiger partial charge in [-0.05, 0) is 30.5 Å². The van der Waals surface area contributed by atoms with Crippen LogP contribution in [-0.2, 0) is 11.3 Å². The molecule has 0 aliphatic heterocycles. The Labute approximate surface area is 115 Å². The summed E-state index contributed by atoms with van der Waals surface area (Å²) in [4.78, 5) is 18.3. The number of carbonyl (C=O) groups is 1. The van der Waals surface area contributed by atoms with Gasteiger partial charge in [-0.1, -0.05) is 19.3 Å². The molecule has 1 heterocycles. The van der Waals surface area contributed by atoms with Gasteiger partial charge < -0.3 is 10.2 Å². The Morgan fingerprint density at radius 3 is 2.79 bits per heavy atom. The lowest BCUT2D eigenvalue weighted by atomic mass is 9.88. The Hall–Kier alpha value is -1.58. The minimum atomic E-state index is 0.211. The van der Waals surface area contributed by atoms with E-state index in [4.69, 9.17) is 0 Å². The normalized spacial score (nSPS) is 16.1. The van der Waals surface area contributed by atoms with E-state index < -0.39 is 0 Å². The minimum Gasteiger partial charge on any atom is -0.363 e. The van der Waals surface area contributed by atoms with Gasteiger partial charge >= 0.3 is 0 Å². The maximum atomic E-state index is 12.1. The topological polar surface area (TPSA) is 45.2 Å². The number of nitrogens with one attached hydrogen (secondary N) is 1. The highest BCUT2D eigenvalue weighted by Crippen LogP contribution is 2.23. The largest absolute Gasteiger partial charge is 0.363 e. The first-order chi connectivity index (χ1) is 9.16. The molecule has 1 aliphatic carbocycles. The van der Waals surface area contributed by atoms with Crippen LogP contribution in [0.3, 0.4) is 0 Å². The molecule has 0 aromatic carbocycles. The summed E-state index contributed by atoms with van der Waals surface area (Å²) in [5, 5.41) is 3.05. The number of hydrogen-bond acceptors (Lipinski definition) is 3. The molecule has 19 heavy (non-hydrogen) atoms. The number of anilines is 1. The first kappa shape index (κ1) is 13.8. The predicted octanol–water partition coefficient (Wildman–Crippen LogP) is 2.34. The van der Waals surface area contributed by atoms with Crippen LogP contribution < -0.4 is 10.2 Å².